The third kappa shape index (κ3) is 3.52. The van der Waals surface area contributed by atoms with E-state index < -0.39 is 0 Å². The second kappa shape index (κ2) is 7.50. The van der Waals surface area contributed by atoms with Crippen LogP contribution in [-0.2, 0) is 0 Å². The molecule has 0 bridgehead atoms. The molecular formula is C20H13Cl2N3O3. The van der Waals surface area contributed by atoms with Gasteiger partial charge in [0.25, 0.3) is 5.91 Å². The first kappa shape index (κ1) is 18.3. The third-order valence-electron chi connectivity index (χ3n) is 4.05. The SMILES string of the molecule is COc1ccc(Cl)cc1C(=O)Nc1ccc(-c2nc3cnccc3o2)c(Cl)c1. The number of anilines is 1. The fourth-order valence-corrected chi connectivity index (χ4v) is 3.15. The van der Waals surface area contributed by atoms with Crippen LogP contribution in [-0.4, -0.2) is 23.0 Å². The Morgan fingerprint density at radius 2 is 2.00 bits per heavy atom. The minimum absolute atomic E-state index is 0.321. The summed E-state index contributed by atoms with van der Waals surface area (Å²) in [7, 11) is 1.49. The number of oxazole rings is 1. The number of hydrogen-bond acceptors (Lipinski definition) is 5. The molecule has 0 spiro atoms. The minimum Gasteiger partial charge on any atom is -0.496 e. The van der Waals surface area contributed by atoms with Gasteiger partial charge in [-0.2, -0.15) is 0 Å². The van der Waals surface area contributed by atoms with Gasteiger partial charge < -0.3 is 14.5 Å². The van der Waals surface area contributed by atoms with E-state index in [-0.39, 0.29) is 5.91 Å². The zero-order valence-electron chi connectivity index (χ0n) is 14.6. The molecule has 0 unspecified atom stereocenters. The first-order chi connectivity index (χ1) is 13.5. The Morgan fingerprint density at radius 1 is 1.14 bits per heavy atom. The van der Waals surface area contributed by atoms with Crippen LogP contribution >= 0.6 is 23.2 Å². The van der Waals surface area contributed by atoms with E-state index in [1.807, 2.05) is 0 Å². The van der Waals surface area contributed by atoms with E-state index in [2.05, 4.69) is 15.3 Å². The van der Waals surface area contributed by atoms with Crippen LogP contribution < -0.4 is 10.1 Å². The Morgan fingerprint density at radius 3 is 2.75 bits per heavy atom. The number of pyridine rings is 1. The molecule has 0 saturated heterocycles. The lowest BCUT2D eigenvalue weighted by Gasteiger charge is -2.10. The van der Waals surface area contributed by atoms with Crippen molar-refractivity contribution < 1.29 is 13.9 Å². The van der Waals surface area contributed by atoms with E-state index >= 15 is 0 Å². The minimum atomic E-state index is -0.365. The topological polar surface area (TPSA) is 77.2 Å². The summed E-state index contributed by atoms with van der Waals surface area (Å²) in [5, 5.41) is 3.60. The highest BCUT2D eigenvalue weighted by Gasteiger charge is 2.16. The van der Waals surface area contributed by atoms with Gasteiger partial charge in [0, 0.05) is 23.0 Å². The van der Waals surface area contributed by atoms with Gasteiger partial charge in [-0.15, -0.1) is 0 Å². The van der Waals surface area contributed by atoms with Crippen LogP contribution in [0.1, 0.15) is 10.4 Å². The van der Waals surface area contributed by atoms with Crippen molar-refractivity contribution >= 4 is 45.9 Å². The van der Waals surface area contributed by atoms with Crippen molar-refractivity contribution in [3.05, 3.63) is 70.5 Å². The summed E-state index contributed by atoms with van der Waals surface area (Å²) in [6.07, 6.45) is 3.24. The molecule has 0 radical (unpaired) electrons. The lowest BCUT2D eigenvalue weighted by molar-refractivity contribution is 0.102. The number of ether oxygens (including phenoxy) is 1. The fraction of sp³-hybridized carbons (Fsp3) is 0.0500. The lowest BCUT2D eigenvalue weighted by Crippen LogP contribution is -2.13. The molecule has 1 amide bonds. The molecule has 6 nitrogen and oxygen atoms in total. The zero-order chi connectivity index (χ0) is 19.7. The summed E-state index contributed by atoms with van der Waals surface area (Å²) in [6.45, 7) is 0. The summed E-state index contributed by atoms with van der Waals surface area (Å²) in [6, 6.07) is 11.6. The van der Waals surface area contributed by atoms with Gasteiger partial charge in [-0.1, -0.05) is 23.2 Å². The molecule has 0 saturated carbocycles. The van der Waals surface area contributed by atoms with Crippen LogP contribution in [0.25, 0.3) is 22.6 Å². The molecule has 0 aliphatic carbocycles. The van der Waals surface area contributed by atoms with Gasteiger partial charge in [0.15, 0.2) is 5.58 Å². The summed E-state index contributed by atoms with van der Waals surface area (Å²) < 4.78 is 10.9. The van der Waals surface area contributed by atoms with Crippen molar-refractivity contribution in [1.29, 1.82) is 0 Å². The van der Waals surface area contributed by atoms with Crippen molar-refractivity contribution in [2.75, 3.05) is 12.4 Å². The van der Waals surface area contributed by atoms with Crippen LogP contribution in [0, 0.1) is 0 Å². The molecule has 140 valence electrons. The molecule has 2 aromatic heterocycles. The fourth-order valence-electron chi connectivity index (χ4n) is 2.72. The second-order valence-corrected chi connectivity index (χ2v) is 6.70. The van der Waals surface area contributed by atoms with Crippen molar-refractivity contribution in [3.63, 3.8) is 0 Å². The van der Waals surface area contributed by atoms with Gasteiger partial charge in [0.05, 0.1) is 29.5 Å². The number of amides is 1. The van der Waals surface area contributed by atoms with E-state index in [4.69, 9.17) is 32.4 Å². The molecule has 1 N–H and O–H groups in total. The summed E-state index contributed by atoms with van der Waals surface area (Å²) in [5.74, 6) is 0.434. The van der Waals surface area contributed by atoms with Gasteiger partial charge in [-0.3, -0.25) is 9.78 Å². The molecule has 0 fully saturated rings. The number of nitrogens with one attached hydrogen (secondary N) is 1. The second-order valence-electron chi connectivity index (χ2n) is 5.86. The molecule has 2 heterocycles. The van der Waals surface area contributed by atoms with Gasteiger partial charge in [0.1, 0.15) is 11.3 Å². The average Bonchev–Trinajstić information content (AvgIpc) is 3.11. The maximum Gasteiger partial charge on any atom is 0.259 e. The smallest absolute Gasteiger partial charge is 0.259 e. The van der Waals surface area contributed by atoms with E-state index in [0.29, 0.717) is 49.6 Å². The molecule has 0 aliphatic rings. The van der Waals surface area contributed by atoms with Gasteiger partial charge in [-0.25, -0.2) is 4.98 Å². The molecule has 0 aliphatic heterocycles. The molecule has 4 rings (SSSR count). The van der Waals surface area contributed by atoms with Gasteiger partial charge >= 0.3 is 0 Å². The van der Waals surface area contributed by atoms with Crippen molar-refractivity contribution in [2.24, 2.45) is 0 Å². The zero-order valence-corrected chi connectivity index (χ0v) is 16.1. The predicted octanol–water partition coefficient (Wildman–Crippen LogP) is 5.46. The number of hydrogen-bond donors (Lipinski definition) is 1. The standard InChI is InChI=1S/C20H13Cl2N3O3/c1-27-17-5-2-11(21)8-14(17)19(26)24-12-3-4-13(15(22)9-12)20-25-16-10-23-7-6-18(16)28-20/h2-10H,1H3,(H,24,26). The first-order valence-electron chi connectivity index (χ1n) is 8.20. The highest BCUT2D eigenvalue weighted by Crippen LogP contribution is 2.32. The molecule has 4 aromatic rings. The highest BCUT2D eigenvalue weighted by molar-refractivity contribution is 6.33. The molecule has 28 heavy (non-hydrogen) atoms. The Labute approximate surface area is 170 Å². The molecule has 8 heteroatoms. The van der Waals surface area contributed by atoms with Crippen molar-refractivity contribution in [3.8, 4) is 17.2 Å². The quantitative estimate of drug-likeness (QED) is 0.480. The maximum absolute atomic E-state index is 12.6. The number of aromatic nitrogens is 2. The number of carbonyl (C=O) groups excluding carboxylic acids is 1. The number of nitrogens with zero attached hydrogens (tertiary/aromatic N) is 2. The maximum atomic E-state index is 12.6. The van der Waals surface area contributed by atoms with Crippen LogP contribution in [0.15, 0.2) is 59.3 Å². The van der Waals surface area contributed by atoms with Gasteiger partial charge in [-0.05, 0) is 36.4 Å². The predicted molar refractivity (Wildman–Crippen MR) is 108 cm³/mol. The van der Waals surface area contributed by atoms with E-state index in [9.17, 15) is 4.79 Å². The Balaban J connectivity index is 1.61. The number of benzene rings is 2. The largest absolute Gasteiger partial charge is 0.496 e. The summed E-state index contributed by atoms with van der Waals surface area (Å²) >= 11 is 12.4. The van der Waals surface area contributed by atoms with Crippen LogP contribution in [0.2, 0.25) is 10.0 Å². The number of rotatable bonds is 4. The normalized spacial score (nSPS) is 10.8. The van der Waals surface area contributed by atoms with Crippen molar-refractivity contribution in [2.45, 2.75) is 0 Å². The number of methoxy groups -OCH3 is 1. The number of fused-ring (bicyclic) bond motifs is 1. The molecule has 0 atom stereocenters. The number of carbonyl (C=O) groups is 1. The lowest BCUT2D eigenvalue weighted by atomic mass is 10.1. The Kier molecular flexibility index (Phi) is 4.90. The summed E-state index contributed by atoms with van der Waals surface area (Å²) in [4.78, 5) is 21.0. The molecular weight excluding hydrogens is 401 g/mol. The van der Waals surface area contributed by atoms with E-state index in [1.165, 1.54) is 13.2 Å². The van der Waals surface area contributed by atoms with E-state index in [0.717, 1.165) is 0 Å². The monoisotopic (exact) mass is 413 g/mol. The summed E-state index contributed by atoms with van der Waals surface area (Å²) in [5.41, 5.74) is 2.70. The Hall–Kier alpha value is -3.09. The third-order valence-corrected chi connectivity index (χ3v) is 4.60. The van der Waals surface area contributed by atoms with Crippen LogP contribution in [0.4, 0.5) is 5.69 Å². The van der Waals surface area contributed by atoms with Crippen LogP contribution in [0.3, 0.4) is 0 Å². The number of halogens is 2. The van der Waals surface area contributed by atoms with Crippen LogP contribution in [0.5, 0.6) is 5.75 Å². The van der Waals surface area contributed by atoms with E-state index in [1.54, 1.807) is 48.8 Å². The highest BCUT2D eigenvalue weighted by atomic mass is 35.5. The van der Waals surface area contributed by atoms with Gasteiger partial charge in [0.2, 0.25) is 5.89 Å². The van der Waals surface area contributed by atoms with Crippen molar-refractivity contribution in [1.82, 2.24) is 9.97 Å². The first-order valence-corrected chi connectivity index (χ1v) is 8.96. The Bertz CT molecular complexity index is 1160. The molecule has 2 aromatic carbocycles. The average molecular weight is 414 g/mol.